The Morgan fingerprint density at radius 3 is 2.64 bits per heavy atom. The molecule has 0 amide bonds. The summed E-state index contributed by atoms with van der Waals surface area (Å²) in [6.07, 6.45) is 1.66. The Morgan fingerprint density at radius 2 is 2.00 bits per heavy atom. The standard InChI is InChI=1S/C11H9BrN2/c12-9-3-1-2-8(6-9)11-5-4-10(13)7-14-11/h1-7H,13H2. The fourth-order valence-electron chi connectivity index (χ4n) is 1.22. The van der Waals surface area contributed by atoms with Gasteiger partial charge in [0, 0.05) is 10.0 Å². The number of hydrogen-bond donors (Lipinski definition) is 1. The molecule has 0 unspecified atom stereocenters. The molecule has 14 heavy (non-hydrogen) atoms. The van der Waals surface area contributed by atoms with Gasteiger partial charge in [-0.15, -0.1) is 0 Å². The van der Waals surface area contributed by atoms with Crippen LogP contribution in [0, 0.1) is 0 Å². The number of rotatable bonds is 1. The van der Waals surface area contributed by atoms with Gasteiger partial charge in [0.25, 0.3) is 0 Å². The van der Waals surface area contributed by atoms with Crippen LogP contribution in [-0.4, -0.2) is 4.98 Å². The van der Waals surface area contributed by atoms with Crippen LogP contribution in [0.3, 0.4) is 0 Å². The molecule has 2 nitrogen and oxygen atoms in total. The van der Waals surface area contributed by atoms with E-state index in [9.17, 15) is 0 Å². The summed E-state index contributed by atoms with van der Waals surface area (Å²) in [4.78, 5) is 4.24. The van der Waals surface area contributed by atoms with Crippen molar-refractivity contribution in [2.45, 2.75) is 0 Å². The Kier molecular flexibility index (Phi) is 2.50. The molecule has 0 saturated carbocycles. The number of pyridine rings is 1. The van der Waals surface area contributed by atoms with Crippen LogP contribution >= 0.6 is 15.9 Å². The van der Waals surface area contributed by atoms with Gasteiger partial charge in [-0.1, -0.05) is 28.1 Å². The summed E-state index contributed by atoms with van der Waals surface area (Å²) in [5, 5.41) is 0. The number of aromatic nitrogens is 1. The third kappa shape index (κ3) is 1.93. The number of anilines is 1. The molecule has 1 aromatic heterocycles. The smallest absolute Gasteiger partial charge is 0.0704 e. The molecule has 1 heterocycles. The van der Waals surface area contributed by atoms with E-state index in [4.69, 9.17) is 5.73 Å². The van der Waals surface area contributed by atoms with Gasteiger partial charge < -0.3 is 5.73 Å². The normalized spacial score (nSPS) is 10.1. The predicted octanol–water partition coefficient (Wildman–Crippen LogP) is 3.09. The molecule has 1 aromatic carbocycles. The van der Waals surface area contributed by atoms with Crippen LogP contribution < -0.4 is 5.73 Å². The third-order valence-electron chi connectivity index (χ3n) is 1.91. The van der Waals surface area contributed by atoms with Gasteiger partial charge in [-0.2, -0.15) is 0 Å². The summed E-state index contributed by atoms with van der Waals surface area (Å²) in [5.41, 5.74) is 8.26. The van der Waals surface area contributed by atoms with Gasteiger partial charge in [0.1, 0.15) is 0 Å². The van der Waals surface area contributed by atoms with Crippen molar-refractivity contribution in [2.24, 2.45) is 0 Å². The third-order valence-corrected chi connectivity index (χ3v) is 2.40. The van der Waals surface area contributed by atoms with Crippen LogP contribution in [0.15, 0.2) is 47.1 Å². The molecule has 0 radical (unpaired) electrons. The van der Waals surface area contributed by atoms with Crippen molar-refractivity contribution in [1.29, 1.82) is 0 Å². The van der Waals surface area contributed by atoms with Crippen LogP contribution in [0.25, 0.3) is 11.3 Å². The topological polar surface area (TPSA) is 38.9 Å². The van der Waals surface area contributed by atoms with E-state index < -0.39 is 0 Å². The fourth-order valence-corrected chi connectivity index (χ4v) is 1.62. The molecule has 3 heteroatoms. The maximum atomic E-state index is 5.56. The van der Waals surface area contributed by atoms with Crippen molar-refractivity contribution in [1.82, 2.24) is 4.98 Å². The summed E-state index contributed by atoms with van der Waals surface area (Å²) in [7, 11) is 0. The van der Waals surface area contributed by atoms with Crippen LogP contribution in [-0.2, 0) is 0 Å². The van der Waals surface area contributed by atoms with Crippen molar-refractivity contribution >= 4 is 21.6 Å². The highest BCUT2D eigenvalue weighted by molar-refractivity contribution is 9.10. The van der Waals surface area contributed by atoms with E-state index in [2.05, 4.69) is 20.9 Å². The van der Waals surface area contributed by atoms with Crippen LogP contribution in [0.4, 0.5) is 5.69 Å². The number of nitrogens with two attached hydrogens (primary N) is 1. The van der Waals surface area contributed by atoms with E-state index in [0.717, 1.165) is 15.7 Å². The molecular weight excluding hydrogens is 240 g/mol. The molecule has 70 valence electrons. The van der Waals surface area contributed by atoms with Crippen molar-refractivity contribution in [2.75, 3.05) is 5.73 Å². The van der Waals surface area contributed by atoms with Crippen molar-refractivity contribution in [3.8, 4) is 11.3 Å². The second-order valence-electron chi connectivity index (χ2n) is 2.99. The van der Waals surface area contributed by atoms with E-state index in [1.807, 2.05) is 36.4 Å². The zero-order chi connectivity index (χ0) is 9.97. The minimum atomic E-state index is 0.684. The summed E-state index contributed by atoms with van der Waals surface area (Å²) < 4.78 is 1.05. The van der Waals surface area contributed by atoms with Crippen molar-refractivity contribution in [3.63, 3.8) is 0 Å². The Morgan fingerprint density at radius 1 is 1.14 bits per heavy atom. The van der Waals surface area contributed by atoms with E-state index in [1.165, 1.54) is 0 Å². The van der Waals surface area contributed by atoms with Gasteiger partial charge in [-0.3, -0.25) is 4.98 Å². The van der Waals surface area contributed by atoms with Gasteiger partial charge in [0.2, 0.25) is 0 Å². The molecule has 0 atom stereocenters. The molecule has 2 N–H and O–H groups in total. The molecule has 2 aromatic rings. The predicted molar refractivity (Wildman–Crippen MR) is 61.8 cm³/mol. The van der Waals surface area contributed by atoms with E-state index in [-0.39, 0.29) is 0 Å². The molecule has 0 bridgehead atoms. The first kappa shape index (κ1) is 9.21. The average molecular weight is 249 g/mol. The first-order chi connectivity index (χ1) is 6.75. The number of nitrogen functional groups attached to an aromatic ring is 1. The maximum absolute atomic E-state index is 5.56. The lowest BCUT2D eigenvalue weighted by Crippen LogP contribution is -1.87. The Balaban J connectivity index is 2.44. The lowest BCUT2D eigenvalue weighted by Gasteiger charge is -2.01. The minimum absolute atomic E-state index is 0.684. The quantitative estimate of drug-likeness (QED) is 0.843. The monoisotopic (exact) mass is 248 g/mol. The average Bonchev–Trinajstić information content (AvgIpc) is 2.19. The number of hydrogen-bond acceptors (Lipinski definition) is 2. The van der Waals surface area contributed by atoms with E-state index >= 15 is 0 Å². The van der Waals surface area contributed by atoms with Gasteiger partial charge >= 0.3 is 0 Å². The Labute approximate surface area is 90.9 Å². The largest absolute Gasteiger partial charge is 0.397 e. The van der Waals surface area contributed by atoms with Crippen molar-refractivity contribution in [3.05, 3.63) is 47.1 Å². The van der Waals surface area contributed by atoms with Gasteiger partial charge in [0.05, 0.1) is 17.6 Å². The lowest BCUT2D eigenvalue weighted by atomic mass is 10.1. The fraction of sp³-hybridized carbons (Fsp3) is 0. The summed E-state index contributed by atoms with van der Waals surface area (Å²) in [5.74, 6) is 0. The van der Waals surface area contributed by atoms with Crippen LogP contribution in [0.2, 0.25) is 0 Å². The lowest BCUT2D eigenvalue weighted by molar-refractivity contribution is 1.33. The molecule has 0 aliphatic rings. The summed E-state index contributed by atoms with van der Waals surface area (Å²) in [6, 6.07) is 11.8. The summed E-state index contributed by atoms with van der Waals surface area (Å²) in [6.45, 7) is 0. The highest BCUT2D eigenvalue weighted by Crippen LogP contribution is 2.21. The SMILES string of the molecule is Nc1ccc(-c2cccc(Br)c2)nc1. The highest BCUT2D eigenvalue weighted by Gasteiger charge is 1.98. The van der Waals surface area contributed by atoms with Crippen LogP contribution in [0.1, 0.15) is 0 Å². The maximum Gasteiger partial charge on any atom is 0.0704 e. The number of benzene rings is 1. The molecule has 0 spiro atoms. The number of nitrogens with zero attached hydrogens (tertiary/aromatic N) is 1. The van der Waals surface area contributed by atoms with Crippen LogP contribution in [0.5, 0.6) is 0 Å². The second-order valence-corrected chi connectivity index (χ2v) is 3.90. The first-order valence-corrected chi connectivity index (χ1v) is 5.02. The first-order valence-electron chi connectivity index (χ1n) is 4.23. The van der Waals surface area contributed by atoms with E-state index in [1.54, 1.807) is 6.20 Å². The Hall–Kier alpha value is -1.35. The molecule has 2 rings (SSSR count). The van der Waals surface area contributed by atoms with Gasteiger partial charge in [-0.25, -0.2) is 0 Å². The second kappa shape index (κ2) is 3.80. The molecule has 0 saturated heterocycles. The minimum Gasteiger partial charge on any atom is -0.397 e. The van der Waals surface area contributed by atoms with E-state index in [0.29, 0.717) is 5.69 Å². The van der Waals surface area contributed by atoms with Gasteiger partial charge in [-0.05, 0) is 24.3 Å². The zero-order valence-corrected chi connectivity index (χ0v) is 9.03. The molecule has 0 aliphatic carbocycles. The van der Waals surface area contributed by atoms with Crippen molar-refractivity contribution < 1.29 is 0 Å². The highest BCUT2D eigenvalue weighted by atomic mass is 79.9. The molecule has 0 fully saturated rings. The molecular formula is C11H9BrN2. The number of halogens is 1. The summed E-state index contributed by atoms with van der Waals surface area (Å²) >= 11 is 3.42. The zero-order valence-electron chi connectivity index (χ0n) is 7.44. The Bertz CT molecular complexity index is 437. The van der Waals surface area contributed by atoms with Gasteiger partial charge in [0.15, 0.2) is 0 Å². The molecule has 0 aliphatic heterocycles.